The Labute approximate surface area is 174 Å². The number of ether oxygens (including phenoxy) is 2. The molecule has 0 saturated heterocycles. The van der Waals surface area contributed by atoms with E-state index < -0.39 is 17.5 Å². The van der Waals surface area contributed by atoms with Crippen LogP contribution in [0.3, 0.4) is 0 Å². The van der Waals surface area contributed by atoms with E-state index in [0.29, 0.717) is 11.0 Å². The molecular weight excluding hydrogens is 442 g/mol. The maximum Gasteiger partial charge on any atom is 0.586 e. The minimum Gasteiger partial charge on any atom is -0.395 e. The van der Waals surface area contributed by atoms with Crippen LogP contribution < -0.4 is 20.7 Å². The first kappa shape index (κ1) is 18.7. The number of alkyl halides is 2. The standard InChI is InChI=1S/C18H9ClF2N4O4S/c19-16-22-7-10(30-16)8-24-5-1-2-11-14(24)23-17(27)25(15(11)26)9-3-4-12-13(6-9)29-18(20,21)28-12/h1-7H,8H2. The number of aromatic nitrogens is 4. The largest absolute Gasteiger partial charge is 0.586 e. The zero-order valence-corrected chi connectivity index (χ0v) is 16.3. The van der Waals surface area contributed by atoms with Crippen LogP contribution in [0.5, 0.6) is 11.5 Å². The molecule has 0 radical (unpaired) electrons. The Morgan fingerprint density at radius 3 is 2.73 bits per heavy atom. The fourth-order valence-electron chi connectivity index (χ4n) is 3.14. The number of benzene rings is 1. The Morgan fingerprint density at radius 1 is 1.17 bits per heavy atom. The SMILES string of the molecule is O=c1nc2n(Cc3cnc(Cl)s3)cccc-2c(=O)n1-c1ccc2c(c1)OC(F)(F)O2. The van der Waals surface area contributed by atoms with E-state index in [1.165, 1.54) is 29.5 Å². The van der Waals surface area contributed by atoms with Crippen molar-refractivity contribution in [3.05, 3.63) is 72.9 Å². The molecule has 12 heteroatoms. The maximum atomic E-state index is 13.3. The molecule has 0 N–H and O–H groups in total. The average Bonchev–Trinajstić information content (AvgIpc) is 3.22. The molecule has 1 aromatic heterocycles. The molecule has 0 unspecified atom stereocenters. The van der Waals surface area contributed by atoms with Gasteiger partial charge in [0.2, 0.25) is 0 Å². The lowest BCUT2D eigenvalue weighted by Gasteiger charge is -2.14. The third-order valence-electron chi connectivity index (χ3n) is 4.36. The number of fused-ring (bicyclic) bond motifs is 2. The van der Waals surface area contributed by atoms with Crippen LogP contribution in [0, 0.1) is 0 Å². The Kier molecular flexibility index (Phi) is 4.12. The van der Waals surface area contributed by atoms with Gasteiger partial charge in [0.05, 0.1) is 17.8 Å². The fourth-order valence-corrected chi connectivity index (χ4v) is 4.12. The van der Waals surface area contributed by atoms with E-state index in [9.17, 15) is 18.4 Å². The smallest absolute Gasteiger partial charge is 0.395 e. The summed E-state index contributed by atoms with van der Waals surface area (Å²) in [5, 5.41) is 0. The lowest BCUT2D eigenvalue weighted by atomic mass is 10.2. The van der Waals surface area contributed by atoms with Crippen LogP contribution in [-0.4, -0.2) is 25.4 Å². The van der Waals surface area contributed by atoms with Gasteiger partial charge in [-0.2, -0.15) is 4.98 Å². The number of thiazole rings is 1. The van der Waals surface area contributed by atoms with Gasteiger partial charge in [-0.15, -0.1) is 20.1 Å². The maximum absolute atomic E-state index is 13.3. The topological polar surface area (TPSA) is 88.2 Å². The van der Waals surface area contributed by atoms with E-state index in [-0.39, 0.29) is 28.6 Å². The normalized spacial score (nSPS) is 14.4. The highest BCUT2D eigenvalue weighted by Gasteiger charge is 2.43. The Hall–Kier alpha value is -3.31. The van der Waals surface area contributed by atoms with E-state index in [1.54, 1.807) is 23.0 Å². The third kappa shape index (κ3) is 3.12. The molecular formula is C18H9ClF2N4O4S. The van der Waals surface area contributed by atoms with Crippen molar-refractivity contribution in [2.24, 2.45) is 0 Å². The van der Waals surface area contributed by atoms with E-state index >= 15 is 0 Å². The van der Waals surface area contributed by atoms with Gasteiger partial charge in [-0.1, -0.05) is 11.6 Å². The Morgan fingerprint density at radius 2 is 1.97 bits per heavy atom. The molecule has 0 aliphatic carbocycles. The van der Waals surface area contributed by atoms with E-state index in [4.69, 9.17) is 11.6 Å². The van der Waals surface area contributed by atoms with Crippen LogP contribution in [-0.2, 0) is 6.54 Å². The highest BCUT2D eigenvalue weighted by Crippen LogP contribution is 2.41. The van der Waals surface area contributed by atoms with Gasteiger partial charge >= 0.3 is 12.0 Å². The number of rotatable bonds is 3. The first-order valence-electron chi connectivity index (χ1n) is 8.43. The fraction of sp³-hybridized carbons (Fsp3) is 0.111. The molecule has 0 amide bonds. The summed E-state index contributed by atoms with van der Waals surface area (Å²) < 4.78 is 38.1. The van der Waals surface area contributed by atoms with Crippen molar-refractivity contribution in [1.82, 2.24) is 19.1 Å². The minimum absolute atomic E-state index is 0.0316. The third-order valence-corrected chi connectivity index (χ3v) is 5.46. The highest BCUT2D eigenvalue weighted by molar-refractivity contribution is 7.15. The summed E-state index contributed by atoms with van der Waals surface area (Å²) in [7, 11) is 0. The van der Waals surface area contributed by atoms with Crippen LogP contribution in [0.1, 0.15) is 4.88 Å². The number of hydrogen-bond acceptors (Lipinski definition) is 7. The Bertz CT molecular complexity index is 1380. The van der Waals surface area contributed by atoms with Crippen LogP contribution in [0.15, 0.2) is 52.3 Å². The molecule has 5 rings (SSSR count). The molecule has 152 valence electrons. The van der Waals surface area contributed by atoms with Gasteiger partial charge in [-0.3, -0.25) is 4.79 Å². The number of halogens is 3. The predicted molar refractivity (Wildman–Crippen MR) is 103 cm³/mol. The van der Waals surface area contributed by atoms with E-state index in [2.05, 4.69) is 19.4 Å². The zero-order valence-electron chi connectivity index (χ0n) is 14.7. The van der Waals surface area contributed by atoms with Crippen molar-refractivity contribution in [3.63, 3.8) is 0 Å². The summed E-state index contributed by atoms with van der Waals surface area (Å²) in [6, 6.07) is 6.79. The summed E-state index contributed by atoms with van der Waals surface area (Å²) >= 11 is 7.12. The summed E-state index contributed by atoms with van der Waals surface area (Å²) in [6.45, 7) is 0.316. The van der Waals surface area contributed by atoms with Crippen LogP contribution >= 0.6 is 22.9 Å². The van der Waals surface area contributed by atoms with Crippen LogP contribution in [0.2, 0.25) is 4.47 Å². The monoisotopic (exact) mass is 450 g/mol. The van der Waals surface area contributed by atoms with Gasteiger partial charge in [-0.25, -0.2) is 14.3 Å². The molecule has 2 aromatic rings. The summed E-state index contributed by atoms with van der Waals surface area (Å²) in [4.78, 5) is 34.5. The van der Waals surface area contributed by atoms with Gasteiger partial charge in [-0.05, 0) is 24.3 Å². The van der Waals surface area contributed by atoms with Crippen molar-refractivity contribution in [1.29, 1.82) is 0 Å². The Balaban J connectivity index is 1.63. The van der Waals surface area contributed by atoms with Crippen molar-refractivity contribution in [2.75, 3.05) is 0 Å². The molecule has 3 aliphatic heterocycles. The molecule has 1 aromatic carbocycles. The van der Waals surface area contributed by atoms with Crippen molar-refractivity contribution in [3.8, 4) is 28.6 Å². The zero-order chi connectivity index (χ0) is 21.0. The van der Waals surface area contributed by atoms with Gasteiger partial charge in [0.1, 0.15) is 0 Å². The molecule has 3 aliphatic rings. The van der Waals surface area contributed by atoms with Crippen LogP contribution in [0.25, 0.3) is 17.1 Å². The molecule has 0 atom stereocenters. The summed E-state index contributed by atoms with van der Waals surface area (Å²) in [5.41, 5.74) is -1.30. The van der Waals surface area contributed by atoms with Gasteiger partial charge in [0, 0.05) is 23.3 Å². The van der Waals surface area contributed by atoms with Crippen LogP contribution in [0.4, 0.5) is 8.78 Å². The molecule has 30 heavy (non-hydrogen) atoms. The first-order valence-corrected chi connectivity index (χ1v) is 9.63. The van der Waals surface area contributed by atoms with Crippen molar-refractivity contribution < 1.29 is 18.3 Å². The summed E-state index contributed by atoms with van der Waals surface area (Å²) in [6.07, 6.45) is -0.533. The minimum atomic E-state index is -3.81. The predicted octanol–water partition coefficient (Wildman–Crippen LogP) is 2.98. The molecule has 0 bridgehead atoms. The van der Waals surface area contributed by atoms with Gasteiger partial charge in [0.25, 0.3) is 5.56 Å². The second-order valence-electron chi connectivity index (χ2n) is 6.29. The first-order chi connectivity index (χ1) is 14.3. The lowest BCUT2D eigenvalue weighted by molar-refractivity contribution is -0.286. The van der Waals surface area contributed by atoms with Crippen molar-refractivity contribution >= 4 is 22.9 Å². The number of pyridine rings is 1. The average molecular weight is 451 g/mol. The summed E-state index contributed by atoms with van der Waals surface area (Å²) in [5.74, 6) is -0.297. The highest BCUT2D eigenvalue weighted by atomic mass is 35.5. The lowest BCUT2D eigenvalue weighted by Crippen LogP contribution is -2.36. The quantitative estimate of drug-likeness (QED) is 0.477. The van der Waals surface area contributed by atoms with Gasteiger partial charge < -0.3 is 14.0 Å². The molecule has 0 fully saturated rings. The molecule has 8 nitrogen and oxygen atoms in total. The van der Waals surface area contributed by atoms with Gasteiger partial charge in [0.15, 0.2) is 21.8 Å². The van der Waals surface area contributed by atoms with E-state index in [0.717, 1.165) is 15.5 Å². The van der Waals surface area contributed by atoms with Crippen molar-refractivity contribution in [2.45, 2.75) is 12.8 Å². The van der Waals surface area contributed by atoms with E-state index in [1.807, 2.05) is 0 Å². The molecule has 4 heterocycles. The second-order valence-corrected chi connectivity index (χ2v) is 7.98. The molecule has 0 saturated carbocycles. The molecule has 0 spiro atoms. The second kappa shape index (κ2) is 6.61. The number of hydrogen-bond donors (Lipinski definition) is 0. The number of nitrogens with zero attached hydrogens (tertiary/aromatic N) is 4.